The number of nitrogens with one attached hydrogen (secondary N) is 2. The first-order valence-electron chi connectivity index (χ1n) is 11.0. The molecule has 1 fully saturated rings. The molecule has 6 atom stereocenters. The van der Waals surface area contributed by atoms with Crippen molar-refractivity contribution in [2.45, 2.75) is 90.6 Å². The molecule has 31 heavy (non-hydrogen) atoms. The highest BCUT2D eigenvalue weighted by Crippen LogP contribution is 2.20. The highest BCUT2D eigenvalue weighted by molar-refractivity contribution is 5.94. The number of likely N-dealkylation sites (tertiary alicyclic amines) is 1. The standard InChI is InChI=1S/C21H38N4O6/c1-6-12(4)16(21(30)31)23-19(28)15-8-7-9-25(15)20(29)17(13(5)26)24-18(27)14(22)10-11(2)3/h11-17,26H,6-10,22H2,1-5H3,(H,23,28)(H,24,27)(H,30,31). The third-order valence-electron chi connectivity index (χ3n) is 5.72. The van der Waals surface area contributed by atoms with Crippen LogP contribution in [0.1, 0.15) is 60.3 Å². The quantitative estimate of drug-likeness (QED) is 0.297. The van der Waals surface area contributed by atoms with Crippen LogP contribution in [0.4, 0.5) is 0 Å². The van der Waals surface area contributed by atoms with Crippen LogP contribution in [0.25, 0.3) is 0 Å². The van der Waals surface area contributed by atoms with Crippen molar-refractivity contribution in [3.05, 3.63) is 0 Å². The topological polar surface area (TPSA) is 162 Å². The lowest BCUT2D eigenvalue weighted by atomic mass is 9.98. The second-order valence-electron chi connectivity index (χ2n) is 8.86. The number of aliphatic carboxylic acids is 1. The van der Waals surface area contributed by atoms with Crippen LogP contribution < -0.4 is 16.4 Å². The number of hydrogen-bond donors (Lipinski definition) is 5. The summed E-state index contributed by atoms with van der Waals surface area (Å²) < 4.78 is 0. The van der Waals surface area contributed by atoms with E-state index in [1.54, 1.807) is 6.92 Å². The minimum absolute atomic E-state index is 0.181. The number of amides is 3. The lowest BCUT2D eigenvalue weighted by Crippen LogP contribution is -2.60. The average Bonchev–Trinajstić information content (AvgIpc) is 3.17. The van der Waals surface area contributed by atoms with E-state index in [9.17, 15) is 29.4 Å². The average molecular weight is 443 g/mol. The summed E-state index contributed by atoms with van der Waals surface area (Å²) in [5, 5.41) is 24.6. The zero-order valence-corrected chi connectivity index (χ0v) is 19.1. The first-order valence-corrected chi connectivity index (χ1v) is 11.0. The number of nitrogens with two attached hydrogens (primary N) is 1. The van der Waals surface area contributed by atoms with Gasteiger partial charge in [-0.1, -0.05) is 34.1 Å². The molecule has 1 saturated heterocycles. The number of carboxylic acids is 1. The van der Waals surface area contributed by atoms with Crippen molar-refractivity contribution in [2.24, 2.45) is 17.6 Å². The molecule has 1 rings (SSSR count). The van der Waals surface area contributed by atoms with Crippen molar-refractivity contribution in [2.75, 3.05) is 6.54 Å². The predicted octanol–water partition coefficient (Wildman–Crippen LogP) is -0.168. The molecule has 178 valence electrons. The molecule has 6 N–H and O–H groups in total. The maximum atomic E-state index is 13.1. The molecule has 10 heteroatoms. The molecular formula is C21H38N4O6. The van der Waals surface area contributed by atoms with E-state index in [0.29, 0.717) is 25.7 Å². The van der Waals surface area contributed by atoms with Gasteiger partial charge in [-0.15, -0.1) is 0 Å². The number of carboxylic acid groups (broad SMARTS) is 1. The van der Waals surface area contributed by atoms with E-state index in [-0.39, 0.29) is 18.4 Å². The molecule has 0 aliphatic carbocycles. The van der Waals surface area contributed by atoms with E-state index >= 15 is 0 Å². The van der Waals surface area contributed by atoms with Crippen molar-refractivity contribution < 1.29 is 29.4 Å². The SMILES string of the molecule is CCC(C)C(NC(=O)C1CCCN1C(=O)C(NC(=O)C(N)CC(C)C)C(C)O)C(=O)O. The molecule has 0 radical (unpaired) electrons. The van der Waals surface area contributed by atoms with Crippen LogP contribution in [0.2, 0.25) is 0 Å². The molecule has 0 aromatic rings. The van der Waals surface area contributed by atoms with Gasteiger partial charge in [0.25, 0.3) is 0 Å². The summed E-state index contributed by atoms with van der Waals surface area (Å²) in [7, 11) is 0. The zero-order chi connectivity index (χ0) is 23.9. The number of aliphatic hydroxyl groups is 1. The molecule has 10 nitrogen and oxygen atoms in total. The van der Waals surface area contributed by atoms with E-state index in [4.69, 9.17) is 5.73 Å². The molecule has 3 amide bonds. The van der Waals surface area contributed by atoms with Crippen molar-refractivity contribution in [3.63, 3.8) is 0 Å². The Balaban J connectivity index is 2.93. The van der Waals surface area contributed by atoms with Crippen LogP contribution in [0.3, 0.4) is 0 Å². The van der Waals surface area contributed by atoms with Gasteiger partial charge in [-0.25, -0.2) is 4.79 Å². The van der Waals surface area contributed by atoms with Crippen molar-refractivity contribution in [3.8, 4) is 0 Å². The van der Waals surface area contributed by atoms with Crippen LogP contribution in [-0.4, -0.2) is 75.6 Å². The number of carbonyl (C=O) groups is 4. The van der Waals surface area contributed by atoms with Crippen LogP contribution in [0.15, 0.2) is 0 Å². The summed E-state index contributed by atoms with van der Waals surface area (Å²) in [4.78, 5) is 51.1. The highest BCUT2D eigenvalue weighted by Gasteiger charge is 2.40. The summed E-state index contributed by atoms with van der Waals surface area (Å²) in [5.74, 6) is -2.92. The van der Waals surface area contributed by atoms with E-state index in [1.165, 1.54) is 11.8 Å². The summed E-state index contributed by atoms with van der Waals surface area (Å²) in [6, 6.07) is -3.99. The fourth-order valence-corrected chi connectivity index (χ4v) is 3.68. The molecule has 0 bridgehead atoms. The number of hydrogen-bond acceptors (Lipinski definition) is 6. The van der Waals surface area contributed by atoms with Gasteiger partial charge in [-0.05, 0) is 38.0 Å². The summed E-state index contributed by atoms with van der Waals surface area (Å²) in [5.41, 5.74) is 5.88. The molecule has 6 unspecified atom stereocenters. The Morgan fingerprint density at radius 2 is 1.71 bits per heavy atom. The van der Waals surface area contributed by atoms with Gasteiger partial charge in [0.1, 0.15) is 18.1 Å². The maximum Gasteiger partial charge on any atom is 0.326 e. The third-order valence-corrected chi connectivity index (χ3v) is 5.72. The lowest BCUT2D eigenvalue weighted by Gasteiger charge is -2.31. The number of rotatable bonds is 11. The molecule has 0 aromatic heterocycles. The van der Waals surface area contributed by atoms with Crippen LogP contribution in [0, 0.1) is 11.8 Å². The fourth-order valence-electron chi connectivity index (χ4n) is 3.68. The molecule has 0 aromatic carbocycles. The number of aliphatic hydroxyl groups excluding tert-OH is 1. The van der Waals surface area contributed by atoms with Gasteiger partial charge < -0.3 is 31.5 Å². The Morgan fingerprint density at radius 1 is 1.10 bits per heavy atom. The van der Waals surface area contributed by atoms with E-state index < -0.39 is 54.0 Å². The molecule has 0 saturated carbocycles. The first kappa shape index (κ1) is 26.8. The Morgan fingerprint density at radius 3 is 2.19 bits per heavy atom. The first-order chi connectivity index (χ1) is 14.4. The predicted molar refractivity (Wildman–Crippen MR) is 115 cm³/mol. The second kappa shape index (κ2) is 12.0. The maximum absolute atomic E-state index is 13.1. The molecule has 1 heterocycles. The Labute approximate surface area is 183 Å². The van der Waals surface area contributed by atoms with E-state index in [0.717, 1.165) is 0 Å². The minimum atomic E-state index is -1.25. The molecule has 1 aliphatic rings. The zero-order valence-electron chi connectivity index (χ0n) is 19.1. The summed E-state index contributed by atoms with van der Waals surface area (Å²) in [6.45, 7) is 9.05. The van der Waals surface area contributed by atoms with Crippen LogP contribution in [-0.2, 0) is 19.2 Å². The fraction of sp³-hybridized carbons (Fsp3) is 0.810. The second-order valence-corrected chi connectivity index (χ2v) is 8.86. The summed E-state index contributed by atoms with van der Waals surface area (Å²) >= 11 is 0. The normalized spacial score (nSPS) is 21.2. The Bertz CT molecular complexity index is 654. The van der Waals surface area contributed by atoms with Gasteiger partial charge in [0.2, 0.25) is 17.7 Å². The van der Waals surface area contributed by atoms with Gasteiger partial charge in [-0.2, -0.15) is 0 Å². The van der Waals surface area contributed by atoms with E-state index in [2.05, 4.69) is 10.6 Å². The van der Waals surface area contributed by atoms with Crippen molar-refractivity contribution in [1.82, 2.24) is 15.5 Å². The minimum Gasteiger partial charge on any atom is -0.480 e. The smallest absolute Gasteiger partial charge is 0.326 e. The monoisotopic (exact) mass is 442 g/mol. The van der Waals surface area contributed by atoms with Gasteiger partial charge in [0.15, 0.2) is 0 Å². The number of carbonyl (C=O) groups excluding carboxylic acids is 3. The van der Waals surface area contributed by atoms with Crippen LogP contribution in [0.5, 0.6) is 0 Å². The van der Waals surface area contributed by atoms with Crippen molar-refractivity contribution >= 4 is 23.7 Å². The van der Waals surface area contributed by atoms with E-state index in [1.807, 2.05) is 20.8 Å². The Hall–Kier alpha value is -2.20. The van der Waals surface area contributed by atoms with Gasteiger partial charge in [0.05, 0.1) is 12.1 Å². The number of nitrogens with zero attached hydrogens (tertiary/aromatic N) is 1. The van der Waals surface area contributed by atoms with Crippen molar-refractivity contribution in [1.29, 1.82) is 0 Å². The highest BCUT2D eigenvalue weighted by atomic mass is 16.4. The Kier molecular flexibility index (Phi) is 10.4. The van der Waals surface area contributed by atoms with Gasteiger partial charge >= 0.3 is 5.97 Å². The molecule has 1 aliphatic heterocycles. The van der Waals surface area contributed by atoms with Gasteiger partial charge in [0, 0.05) is 6.54 Å². The van der Waals surface area contributed by atoms with Crippen LogP contribution >= 0.6 is 0 Å². The summed E-state index contributed by atoms with van der Waals surface area (Å²) in [6.07, 6.45) is 0.722. The lowest BCUT2D eigenvalue weighted by molar-refractivity contribution is -0.146. The molecule has 0 spiro atoms. The largest absolute Gasteiger partial charge is 0.480 e. The third kappa shape index (κ3) is 7.46. The molecular weight excluding hydrogens is 404 g/mol. The van der Waals surface area contributed by atoms with Gasteiger partial charge in [-0.3, -0.25) is 14.4 Å².